The Hall–Kier alpha value is -1.70. The summed E-state index contributed by atoms with van der Waals surface area (Å²) in [6.07, 6.45) is 4.02. The van der Waals surface area contributed by atoms with Crippen LogP contribution in [0.25, 0.3) is 21.8 Å². The van der Waals surface area contributed by atoms with Gasteiger partial charge in [0.25, 0.3) is 0 Å². The van der Waals surface area contributed by atoms with Gasteiger partial charge in [-0.05, 0) is 30.7 Å². The summed E-state index contributed by atoms with van der Waals surface area (Å²) < 4.78 is 0. The smallest absolute Gasteiger partial charge is 0.0464 e. The molecule has 0 bridgehead atoms. The summed E-state index contributed by atoms with van der Waals surface area (Å²) in [5.41, 5.74) is 3.71. The van der Waals surface area contributed by atoms with Crippen LogP contribution in [0.1, 0.15) is 19.4 Å². The molecule has 3 rings (SSSR count). The minimum Gasteiger partial charge on any atom is -0.361 e. The van der Waals surface area contributed by atoms with Gasteiger partial charge in [-0.25, -0.2) is 0 Å². The number of aromatic amines is 2. The molecule has 0 atom stereocenters. The number of H-pyrrole nitrogens is 2. The number of nitrogens with one attached hydrogen (secondary N) is 2. The Labute approximate surface area is 89.3 Å². The molecule has 0 fully saturated rings. The minimum atomic E-state index is 1.20. The van der Waals surface area contributed by atoms with Crippen molar-refractivity contribution >= 4 is 21.8 Å². The van der Waals surface area contributed by atoms with Crippen LogP contribution >= 0.6 is 0 Å². The molecule has 0 saturated carbocycles. The van der Waals surface area contributed by atoms with Gasteiger partial charge in [0.2, 0.25) is 0 Å². The van der Waals surface area contributed by atoms with Crippen LogP contribution in [-0.2, 0) is 0 Å². The zero-order chi connectivity index (χ0) is 10.8. The maximum Gasteiger partial charge on any atom is 0.0464 e. The first-order valence-electron chi connectivity index (χ1n) is 5.39. The topological polar surface area (TPSA) is 31.6 Å². The molecule has 78 valence electrons. The first kappa shape index (κ1) is 9.84. The van der Waals surface area contributed by atoms with Crippen molar-refractivity contribution in [3.63, 3.8) is 0 Å². The van der Waals surface area contributed by atoms with Gasteiger partial charge in [0, 0.05) is 34.2 Å². The highest BCUT2D eigenvalue weighted by Crippen LogP contribution is 2.23. The van der Waals surface area contributed by atoms with Crippen molar-refractivity contribution < 1.29 is 0 Å². The van der Waals surface area contributed by atoms with Crippen molar-refractivity contribution in [3.8, 4) is 0 Å². The normalized spacial score (nSPS) is 10.3. The number of benzene rings is 1. The van der Waals surface area contributed by atoms with Gasteiger partial charge in [0.05, 0.1) is 0 Å². The van der Waals surface area contributed by atoms with E-state index in [1.807, 2.05) is 26.2 Å². The second kappa shape index (κ2) is 3.81. The molecule has 2 heterocycles. The number of aromatic nitrogens is 2. The van der Waals surface area contributed by atoms with Gasteiger partial charge < -0.3 is 9.97 Å². The van der Waals surface area contributed by atoms with Crippen LogP contribution in [0.5, 0.6) is 0 Å². The van der Waals surface area contributed by atoms with Crippen LogP contribution in [0.2, 0.25) is 0 Å². The molecule has 2 aromatic heterocycles. The van der Waals surface area contributed by atoms with Gasteiger partial charge in [-0.3, -0.25) is 0 Å². The van der Waals surface area contributed by atoms with E-state index in [4.69, 9.17) is 0 Å². The van der Waals surface area contributed by atoms with E-state index in [0.717, 1.165) is 0 Å². The van der Waals surface area contributed by atoms with Crippen LogP contribution in [0, 0.1) is 6.92 Å². The Morgan fingerprint density at radius 1 is 1.00 bits per heavy atom. The lowest BCUT2D eigenvalue weighted by atomic mass is 10.1. The van der Waals surface area contributed by atoms with Crippen LogP contribution in [-0.4, -0.2) is 9.97 Å². The molecule has 0 spiro atoms. The summed E-state index contributed by atoms with van der Waals surface area (Å²) in [5, 5.41) is 2.56. The van der Waals surface area contributed by atoms with Crippen LogP contribution in [0.4, 0.5) is 0 Å². The molecule has 2 nitrogen and oxygen atoms in total. The number of hydrogen-bond acceptors (Lipinski definition) is 0. The molecular formula is C13H16N2. The van der Waals surface area contributed by atoms with Crippen molar-refractivity contribution in [2.45, 2.75) is 20.8 Å². The SMILES string of the molecule is CC.Cc1c[nH]c2cc3cc[nH]c3cc12. The Morgan fingerprint density at radius 3 is 2.60 bits per heavy atom. The highest BCUT2D eigenvalue weighted by atomic mass is 14.7. The fourth-order valence-corrected chi connectivity index (χ4v) is 1.81. The summed E-state index contributed by atoms with van der Waals surface area (Å²) in [7, 11) is 0. The third-order valence-corrected chi connectivity index (χ3v) is 2.56. The summed E-state index contributed by atoms with van der Waals surface area (Å²) in [6.45, 7) is 6.12. The Bertz CT molecular complexity index is 572. The number of aryl methyl sites for hydroxylation is 1. The Morgan fingerprint density at radius 2 is 1.80 bits per heavy atom. The third-order valence-electron chi connectivity index (χ3n) is 2.56. The van der Waals surface area contributed by atoms with Gasteiger partial charge in [0.15, 0.2) is 0 Å². The van der Waals surface area contributed by atoms with Gasteiger partial charge in [-0.2, -0.15) is 0 Å². The van der Waals surface area contributed by atoms with Crippen molar-refractivity contribution in [3.05, 3.63) is 36.2 Å². The number of fused-ring (bicyclic) bond motifs is 2. The minimum absolute atomic E-state index is 1.20. The summed E-state index contributed by atoms with van der Waals surface area (Å²) in [6, 6.07) is 6.45. The van der Waals surface area contributed by atoms with E-state index in [9.17, 15) is 0 Å². The summed E-state index contributed by atoms with van der Waals surface area (Å²) >= 11 is 0. The van der Waals surface area contributed by atoms with E-state index in [-0.39, 0.29) is 0 Å². The number of hydrogen-bond donors (Lipinski definition) is 2. The van der Waals surface area contributed by atoms with Crippen molar-refractivity contribution in [1.29, 1.82) is 0 Å². The fraction of sp³-hybridized carbons (Fsp3) is 0.231. The molecule has 0 aliphatic heterocycles. The Balaban J connectivity index is 0.000000404. The van der Waals surface area contributed by atoms with E-state index in [1.165, 1.54) is 27.4 Å². The number of rotatable bonds is 0. The maximum absolute atomic E-state index is 3.26. The van der Waals surface area contributed by atoms with Crippen LogP contribution in [0.15, 0.2) is 30.6 Å². The first-order valence-corrected chi connectivity index (χ1v) is 5.39. The highest BCUT2D eigenvalue weighted by Gasteiger charge is 2.01. The lowest BCUT2D eigenvalue weighted by Gasteiger charge is -1.92. The molecule has 0 amide bonds. The largest absolute Gasteiger partial charge is 0.361 e. The highest BCUT2D eigenvalue weighted by molar-refractivity contribution is 5.96. The van der Waals surface area contributed by atoms with E-state index in [2.05, 4.69) is 35.1 Å². The first-order chi connectivity index (χ1) is 7.34. The van der Waals surface area contributed by atoms with Gasteiger partial charge in [-0.15, -0.1) is 0 Å². The molecule has 1 aromatic carbocycles. The fourth-order valence-electron chi connectivity index (χ4n) is 1.81. The molecule has 0 aliphatic carbocycles. The predicted molar refractivity (Wildman–Crippen MR) is 66.2 cm³/mol. The summed E-state index contributed by atoms with van der Waals surface area (Å²) in [5.74, 6) is 0. The van der Waals surface area contributed by atoms with E-state index >= 15 is 0 Å². The Kier molecular flexibility index (Phi) is 2.50. The molecule has 15 heavy (non-hydrogen) atoms. The van der Waals surface area contributed by atoms with E-state index in [0.29, 0.717) is 0 Å². The van der Waals surface area contributed by atoms with E-state index < -0.39 is 0 Å². The predicted octanol–water partition coefficient (Wildman–Crippen LogP) is 3.98. The maximum atomic E-state index is 3.26. The van der Waals surface area contributed by atoms with Crippen molar-refractivity contribution in [1.82, 2.24) is 9.97 Å². The molecule has 0 unspecified atom stereocenters. The molecule has 2 heteroatoms. The molecule has 2 N–H and O–H groups in total. The van der Waals surface area contributed by atoms with Crippen molar-refractivity contribution in [2.24, 2.45) is 0 Å². The molecule has 0 aliphatic rings. The molecule has 0 saturated heterocycles. The molecular weight excluding hydrogens is 184 g/mol. The average molecular weight is 200 g/mol. The van der Waals surface area contributed by atoms with E-state index in [1.54, 1.807) is 0 Å². The van der Waals surface area contributed by atoms with Gasteiger partial charge in [-0.1, -0.05) is 13.8 Å². The van der Waals surface area contributed by atoms with Gasteiger partial charge in [0.1, 0.15) is 0 Å². The third kappa shape index (κ3) is 1.52. The van der Waals surface area contributed by atoms with Gasteiger partial charge >= 0.3 is 0 Å². The van der Waals surface area contributed by atoms with Crippen LogP contribution in [0.3, 0.4) is 0 Å². The standard InChI is InChI=1S/C11H10N2.C2H6/c1-7-6-13-11-4-8-2-3-12-10(8)5-9(7)11;1-2/h2-6,12-13H,1H3;1-2H3. The zero-order valence-corrected chi connectivity index (χ0v) is 9.39. The quantitative estimate of drug-likeness (QED) is 0.550. The molecule has 0 radical (unpaired) electrons. The van der Waals surface area contributed by atoms with Crippen molar-refractivity contribution in [2.75, 3.05) is 0 Å². The average Bonchev–Trinajstić information content (AvgIpc) is 2.86. The zero-order valence-electron chi connectivity index (χ0n) is 9.39. The second-order valence-electron chi connectivity index (χ2n) is 3.43. The monoisotopic (exact) mass is 200 g/mol. The lowest BCUT2D eigenvalue weighted by Crippen LogP contribution is -1.71. The molecule has 3 aromatic rings. The second-order valence-corrected chi connectivity index (χ2v) is 3.43. The van der Waals surface area contributed by atoms with Crippen LogP contribution < -0.4 is 0 Å². The summed E-state index contributed by atoms with van der Waals surface area (Å²) in [4.78, 5) is 6.47. The lowest BCUT2D eigenvalue weighted by molar-refractivity contribution is 1.43.